The van der Waals surface area contributed by atoms with Crippen LogP contribution in [0.3, 0.4) is 0 Å². The first-order valence-electron chi connectivity index (χ1n) is 6.57. The summed E-state index contributed by atoms with van der Waals surface area (Å²) in [5.74, 6) is 1.42. The highest BCUT2D eigenvalue weighted by molar-refractivity contribution is 7.16. The van der Waals surface area contributed by atoms with E-state index < -0.39 is 0 Å². The van der Waals surface area contributed by atoms with Crippen molar-refractivity contribution >= 4 is 33.3 Å². The van der Waals surface area contributed by atoms with E-state index in [1.165, 1.54) is 19.3 Å². The van der Waals surface area contributed by atoms with Gasteiger partial charge in [-0.2, -0.15) is 4.98 Å². The molecule has 0 aliphatic carbocycles. The van der Waals surface area contributed by atoms with E-state index in [4.69, 9.17) is 5.73 Å². The Morgan fingerprint density at radius 2 is 2.33 bits per heavy atom. The van der Waals surface area contributed by atoms with Gasteiger partial charge < -0.3 is 10.6 Å². The Morgan fingerprint density at radius 3 is 3.17 bits per heavy atom. The molecule has 2 N–H and O–H groups in total. The highest BCUT2D eigenvalue weighted by atomic mass is 32.1. The van der Waals surface area contributed by atoms with Gasteiger partial charge in [-0.25, -0.2) is 4.98 Å². The molecular formula is C13H18N4S. The lowest BCUT2D eigenvalue weighted by Gasteiger charge is -2.36. The summed E-state index contributed by atoms with van der Waals surface area (Å²) in [5.41, 5.74) is 5.84. The minimum Gasteiger partial charge on any atom is -0.368 e. The zero-order valence-electron chi connectivity index (χ0n) is 10.6. The molecule has 4 nitrogen and oxygen atoms in total. The number of thiophene rings is 1. The van der Waals surface area contributed by atoms with Gasteiger partial charge in [0.1, 0.15) is 10.6 Å². The molecule has 2 aromatic heterocycles. The summed E-state index contributed by atoms with van der Waals surface area (Å²) >= 11 is 1.63. The van der Waals surface area contributed by atoms with Crippen LogP contribution in [0.2, 0.25) is 0 Å². The number of aromatic nitrogens is 2. The Hall–Kier alpha value is -1.36. The van der Waals surface area contributed by atoms with Crippen molar-refractivity contribution in [3.05, 3.63) is 11.4 Å². The van der Waals surface area contributed by atoms with E-state index in [-0.39, 0.29) is 0 Å². The number of hydrogen-bond donors (Lipinski definition) is 1. The van der Waals surface area contributed by atoms with Gasteiger partial charge in [-0.05, 0) is 37.1 Å². The predicted molar refractivity (Wildman–Crippen MR) is 77.1 cm³/mol. The monoisotopic (exact) mass is 262 g/mol. The SMILES string of the molecule is CCC1CCCCN1c1nc(N)nc2sccc12. The van der Waals surface area contributed by atoms with Crippen LogP contribution in [0, 0.1) is 0 Å². The quantitative estimate of drug-likeness (QED) is 0.903. The zero-order chi connectivity index (χ0) is 12.5. The molecule has 18 heavy (non-hydrogen) atoms. The number of fused-ring (bicyclic) bond motifs is 1. The van der Waals surface area contributed by atoms with E-state index in [9.17, 15) is 0 Å². The second kappa shape index (κ2) is 4.72. The van der Waals surface area contributed by atoms with Crippen LogP contribution in [0.25, 0.3) is 10.2 Å². The Kier molecular flexibility index (Phi) is 3.07. The van der Waals surface area contributed by atoms with Crippen molar-refractivity contribution in [2.45, 2.75) is 38.6 Å². The number of nitrogens with two attached hydrogens (primary N) is 1. The minimum atomic E-state index is 0.389. The van der Waals surface area contributed by atoms with E-state index in [0.717, 1.165) is 29.0 Å². The predicted octanol–water partition coefficient (Wildman–Crippen LogP) is 3.04. The summed E-state index contributed by atoms with van der Waals surface area (Å²) in [7, 11) is 0. The third-order valence-corrected chi connectivity index (χ3v) is 4.50. The van der Waals surface area contributed by atoms with Crippen LogP contribution in [-0.2, 0) is 0 Å². The topological polar surface area (TPSA) is 55.0 Å². The van der Waals surface area contributed by atoms with E-state index in [0.29, 0.717) is 12.0 Å². The molecule has 2 aromatic rings. The third-order valence-electron chi connectivity index (χ3n) is 3.69. The number of nitrogens with zero attached hydrogens (tertiary/aromatic N) is 3. The van der Waals surface area contributed by atoms with Crippen LogP contribution in [0.4, 0.5) is 11.8 Å². The molecule has 1 aliphatic rings. The van der Waals surface area contributed by atoms with Gasteiger partial charge >= 0.3 is 0 Å². The minimum absolute atomic E-state index is 0.389. The molecule has 1 atom stereocenters. The van der Waals surface area contributed by atoms with Gasteiger partial charge in [-0.3, -0.25) is 0 Å². The van der Waals surface area contributed by atoms with Gasteiger partial charge in [0.05, 0.1) is 5.39 Å². The van der Waals surface area contributed by atoms with Crippen LogP contribution in [-0.4, -0.2) is 22.6 Å². The maximum atomic E-state index is 5.84. The molecule has 0 bridgehead atoms. The Morgan fingerprint density at radius 1 is 1.44 bits per heavy atom. The lowest BCUT2D eigenvalue weighted by molar-refractivity contribution is 0.448. The number of rotatable bonds is 2. The van der Waals surface area contributed by atoms with Crippen molar-refractivity contribution in [1.82, 2.24) is 9.97 Å². The van der Waals surface area contributed by atoms with Gasteiger partial charge in [0, 0.05) is 12.6 Å². The van der Waals surface area contributed by atoms with E-state index in [2.05, 4.69) is 33.2 Å². The average molecular weight is 262 g/mol. The van der Waals surface area contributed by atoms with Gasteiger partial charge in [0.2, 0.25) is 5.95 Å². The summed E-state index contributed by atoms with van der Waals surface area (Å²) in [4.78, 5) is 12.2. The highest BCUT2D eigenvalue weighted by Crippen LogP contribution is 2.33. The number of piperidine rings is 1. The first-order chi connectivity index (χ1) is 8.79. The second-order valence-corrected chi connectivity index (χ2v) is 5.69. The molecule has 1 unspecified atom stereocenters. The van der Waals surface area contributed by atoms with Gasteiger partial charge in [0.15, 0.2) is 0 Å². The molecule has 3 heterocycles. The van der Waals surface area contributed by atoms with Crippen molar-refractivity contribution in [3.8, 4) is 0 Å². The molecule has 1 fully saturated rings. The molecule has 1 saturated heterocycles. The molecule has 0 aromatic carbocycles. The maximum Gasteiger partial charge on any atom is 0.223 e. The summed E-state index contributed by atoms with van der Waals surface area (Å²) in [6.07, 6.45) is 4.98. The molecule has 0 spiro atoms. The van der Waals surface area contributed by atoms with E-state index >= 15 is 0 Å². The molecule has 3 rings (SSSR count). The van der Waals surface area contributed by atoms with Gasteiger partial charge in [-0.15, -0.1) is 11.3 Å². The van der Waals surface area contributed by atoms with Crippen molar-refractivity contribution in [2.75, 3.05) is 17.2 Å². The molecule has 5 heteroatoms. The summed E-state index contributed by atoms with van der Waals surface area (Å²) in [6.45, 7) is 3.33. The van der Waals surface area contributed by atoms with Crippen LogP contribution in [0.15, 0.2) is 11.4 Å². The Labute approximate surface area is 111 Å². The number of hydrogen-bond acceptors (Lipinski definition) is 5. The van der Waals surface area contributed by atoms with Crippen molar-refractivity contribution in [3.63, 3.8) is 0 Å². The van der Waals surface area contributed by atoms with Crippen LogP contribution >= 0.6 is 11.3 Å². The van der Waals surface area contributed by atoms with Gasteiger partial charge in [-0.1, -0.05) is 6.92 Å². The third kappa shape index (κ3) is 1.92. The summed E-state index contributed by atoms with van der Waals surface area (Å²) in [6, 6.07) is 2.70. The zero-order valence-corrected chi connectivity index (χ0v) is 11.4. The van der Waals surface area contributed by atoms with E-state index in [1.54, 1.807) is 11.3 Å². The van der Waals surface area contributed by atoms with Crippen molar-refractivity contribution in [1.29, 1.82) is 0 Å². The lowest BCUT2D eigenvalue weighted by Crippen LogP contribution is -2.39. The first kappa shape index (κ1) is 11.7. The smallest absolute Gasteiger partial charge is 0.223 e. The fraction of sp³-hybridized carbons (Fsp3) is 0.538. The molecule has 0 radical (unpaired) electrons. The number of anilines is 2. The Balaban J connectivity index is 2.08. The molecular weight excluding hydrogens is 244 g/mol. The van der Waals surface area contributed by atoms with Crippen molar-refractivity contribution < 1.29 is 0 Å². The molecule has 0 amide bonds. The molecule has 96 valence electrons. The average Bonchev–Trinajstić information content (AvgIpc) is 2.85. The lowest BCUT2D eigenvalue weighted by atomic mass is 10.00. The number of nitrogen functional groups attached to an aromatic ring is 1. The van der Waals surface area contributed by atoms with Crippen LogP contribution < -0.4 is 10.6 Å². The summed E-state index contributed by atoms with van der Waals surface area (Å²) < 4.78 is 0. The van der Waals surface area contributed by atoms with Crippen LogP contribution in [0.1, 0.15) is 32.6 Å². The van der Waals surface area contributed by atoms with E-state index in [1.807, 2.05) is 0 Å². The van der Waals surface area contributed by atoms with Crippen LogP contribution in [0.5, 0.6) is 0 Å². The highest BCUT2D eigenvalue weighted by Gasteiger charge is 2.24. The van der Waals surface area contributed by atoms with Crippen molar-refractivity contribution in [2.24, 2.45) is 0 Å². The second-order valence-electron chi connectivity index (χ2n) is 4.80. The fourth-order valence-electron chi connectivity index (χ4n) is 2.78. The first-order valence-corrected chi connectivity index (χ1v) is 7.45. The molecule has 1 aliphatic heterocycles. The largest absolute Gasteiger partial charge is 0.368 e. The standard InChI is InChI=1S/C13H18N4S/c1-2-9-5-3-4-7-17(9)11-10-6-8-18-12(10)16-13(14)15-11/h6,8-9H,2-5,7H2,1H3,(H2,14,15,16). The summed E-state index contributed by atoms with van der Waals surface area (Å²) in [5, 5.41) is 3.21. The maximum absolute atomic E-state index is 5.84. The van der Waals surface area contributed by atoms with Gasteiger partial charge in [0.25, 0.3) is 0 Å². The normalized spacial score (nSPS) is 20.5. The Bertz CT molecular complexity index is 551. The fourth-order valence-corrected chi connectivity index (χ4v) is 3.54. The molecule has 0 saturated carbocycles.